The highest BCUT2D eigenvalue weighted by molar-refractivity contribution is 7.80. The van der Waals surface area contributed by atoms with E-state index < -0.39 is 0 Å². The van der Waals surface area contributed by atoms with Gasteiger partial charge in [0.2, 0.25) is 0 Å². The van der Waals surface area contributed by atoms with Gasteiger partial charge < -0.3 is 24.6 Å². The van der Waals surface area contributed by atoms with Gasteiger partial charge in [0, 0.05) is 26.6 Å². The number of methoxy groups -OCH3 is 2. The van der Waals surface area contributed by atoms with Crippen LogP contribution in [-0.2, 0) is 6.54 Å². The second-order valence-electron chi connectivity index (χ2n) is 6.03. The summed E-state index contributed by atoms with van der Waals surface area (Å²) in [6.45, 7) is 4.84. The van der Waals surface area contributed by atoms with Crippen molar-refractivity contribution in [2.45, 2.75) is 19.9 Å². The number of nitrogens with zero attached hydrogens (tertiary/aromatic N) is 1. The summed E-state index contributed by atoms with van der Waals surface area (Å²) >= 11 is 5.46. The molecule has 5 nitrogen and oxygen atoms in total. The number of rotatable bonds is 8. The molecular weight excluding hydrogens is 310 g/mol. The molecule has 0 aliphatic carbocycles. The Morgan fingerprint density at radius 3 is 2.39 bits per heavy atom. The van der Waals surface area contributed by atoms with Crippen molar-refractivity contribution in [2.75, 3.05) is 48.5 Å². The van der Waals surface area contributed by atoms with Crippen LogP contribution in [0.3, 0.4) is 0 Å². The van der Waals surface area contributed by atoms with E-state index in [9.17, 15) is 0 Å². The molecule has 1 aromatic rings. The Hall–Kier alpha value is -1.53. The van der Waals surface area contributed by atoms with Gasteiger partial charge in [-0.1, -0.05) is 0 Å². The zero-order valence-electron chi connectivity index (χ0n) is 15.2. The van der Waals surface area contributed by atoms with Gasteiger partial charge in [-0.3, -0.25) is 0 Å². The van der Waals surface area contributed by atoms with Gasteiger partial charge in [0.15, 0.2) is 16.6 Å². The van der Waals surface area contributed by atoms with E-state index in [1.165, 1.54) is 10.5 Å². The summed E-state index contributed by atoms with van der Waals surface area (Å²) in [6.07, 6.45) is 1.10. The minimum Gasteiger partial charge on any atom is -0.493 e. The lowest BCUT2D eigenvalue weighted by Crippen LogP contribution is -3.05. The predicted molar refractivity (Wildman–Crippen MR) is 98.6 cm³/mol. The monoisotopic (exact) mass is 340 g/mol. The quantitative estimate of drug-likeness (QED) is 0.542. The second-order valence-corrected chi connectivity index (χ2v) is 6.42. The first-order chi connectivity index (χ1) is 10.9. The van der Waals surface area contributed by atoms with Crippen molar-refractivity contribution in [1.29, 1.82) is 0 Å². The molecule has 0 atom stereocenters. The van der Waals surface area contributed by atoms with E-state index in [-0.39, 0.29) is 0 Å². The minimum absolute atomic E-state index is 0.733. The molecule has 2 N–H and O–H groups in total. The molecule has 0 radical (unpaired) electrons. The summed E-state index contributed by atoms with van der Waals surface area (Å²) in [5, 5.41) is 4.09. The van der Waals surface area contributed by atoms with E-state index in [1.54, 1.807) is 14.2 Å². The molecular formula is C17H30N3O2S+. The maximum atomic E-state index is 5.46. The van der Waals surface area contributed by atoms with E-state index in [1.807, 2.05) is 24.1 Å². The van der Waals surface area contributed by atoms with Gasteiger partial charge in [-0.2, -0.15) is 0 Å². The highest BCUT2D eigenvalue weighted by atomic mass is 32.1. The number of hydrogen-bond acceptors (Lipinski definition) is 3. The van der Waals surface area contributed by atoms with Crippen LogP contribution in [0.25, 0.3) is 0 Å². The van der Waals surface area contributed by atoms with Crippen LogP contribution in [0.2, 0.25) is 0 Å². The summed E-state index contributed by atoms with van der Waals surface area (Å²) in [4.78, 5) is 3.50. The number of benzene rings is 1. The normalized spacial score (nSPS) is 10.6. The highest BCUT2D eigenvalue weighted by Crippen LogP contribution is 2.30. The standard InChI is InChI=1S/C17H29N3O2S/c1-13-10-15(21-5)16(22-6)11-14(13)12-20(4)17(23)18-8-7-9-19(2)3/h10-11H,7-9,12H2,1-6H3,(H,18,23)/p+1. The molecule has 130 valence electrons. The van der Waals surface area contributed by atoms with E-state index in [0.717, 1.165) is 48.2 Å². The topological polar surface area (TPSA) is 38.2 Å². The first kappa shape index (κ1) is 19.5. The minimum atomic E-state index is 0.733. The average molecular weight is 341 g/mol. The van der Waals surface area contributed by atoms with Crippen molar-refractivity contribution in [2.24, 2.45) is 0 Å². The SMILES string of the molecule is COc1cc(C)c(CN(C)C(=S)NCCC[NH+](C)C)cc1OC. The number of hydrogen-bond donors (Lipinski definition) is 2. The Balaban J connectivity index is 2.62. The van der Waals surface area contributed by atoms with Crippen LogP contribution in [0.5, 0.6) is 11.5 Å². The lowest BCUT2D eigenvalue weighted by atomic mass is 10.1. The molecule has 1 rings (SSSR count). The van der Waals surface area contributed by atoms with E-state index in [0.29, 0.717) is 0 Å². The van der Waals surface area contributed by atoms with Crippen molar-refractivity contribution in [3.63, 3.8) is 0 Å². The van der Waals surface area contributed by atoms with Crippen molar-refractivity contribution in [3.8, 4) is 11.5 Å². The van der Waals surface area contributed by atoms with Crippen LogP contribution in [0.1, 0.15) is 17.5 Å². The fraction of sp³-hybridized carbons (Fsp3) is 0.588. The molecule has 0 unspecified atom stereocenters. The Bertz CT molecular complexity index is 521. The van der Waals surface area contributed by atoms with Crippen molar-refractivity contribution < 1.29 is 14.4 Å². The number of aryl methyl sites for hydroxylation is 1. The molecule has 0 saturated heterocycles. The second kappa shape index (κ2) is 9.57. The molecule has 0 saturated carbocycles. The molecule has 0 aliphatic heterocycles. The maximum absolute atomic E-state index is 5.46. The third-order valence-corrected chi connectivity index (χ3v) is 4.18. The van der Waals surface area contributed by atoms with Gasteiger partial charge in [0.05, 0.1) is 34.9 Å². The molecule has 0 amide bonds. The molecule has 0 spiro atoms. The van der Waals surface area contributed by atoms with Crippen molar-refractivity contribution >= 4 is 17.3 Å². The summed E-state index contributed by atoms with van der Waals surface area (Å²) in [5.41, 5.74) is 2.33. The van der Waals surface area contributed by atoms with Gasteiger partial charge in [-0.15, -0.1) is 0 Å². The predicted octanol–water partition coefficient (Wildman–Crippen LogP) is 0.853. The Labute approximate surface area is 145 Å². The van der Waals surface area contributed by atoms with E-state index >= 15 is 0 Å². The molecule has 0 aliphatic rings. The van der Waals surface area contributed by atoms with Crippen molar-refractivity contribution in [1.82, 2.24) is 10.2 Å². The van der Waals surface area contributed by atoms with Crippen molar-refractivity contribution in [3.05, 3.63) is 23.3 Å². The van der Waals surface area contributed by atoms with Crippen LogP contribution in [0, 0.1) is 6.92 Å². The molecule has 0 aromatic heterocycles. The summed E-state index contributed by atoms with van der Waals surface area (Å²) < 4.78 is 10.7. The number of ether oxygens (including phenoxy) is 2. The molecule has 0 heterocycles. The lowest BCUT2D eigenvalue weighted by Gasteiger charge is -2.23. The lowest BCUT2D eigenvalue weighted by molar-refractivity contribution is -0.858. The van der Waals surface area contributed by atoms with Gasteiger partial charge in [-0.05, 0) is 42.4 Å². The van der Waals surface area contributed by atoms with Gasteiger partial charge in [-0.25, -0.2) is 0 Å². The first-order valence-corrected chi connectivity index (χ1v) is 8.29. The number of quaternary nitrogens is 1. The average Bonchev–Trinajstić information content (AvgIpc) is 2.52. The van der Waals surface area contributed by atoms with E-state index in [2.05, 4.69) is 26.3 Å². The van der Waals surface area contributed by atoms with Crippen LogP contribution in [-0.4, -0.2) is 58.5 Å². The maximum Gasteiger partial charge on any atom is 0.168 e. The first-order valence-electron chi connectivity index (χ1n) is 7.88. The van der Waals surface area contributed by atoms with Crippen LogP contribution in [0.15, 0.2) is 12.1 Å². The molecule has 23 heavy (non-hydrogen) atoms. The molecule has 0 bridgehead atoms. The third-order valence-electron chi connectivity index (χ3n) is 3.73. The fourth-order valence-electron chi connectivity index (χ4n) is 2.29. The summed E-state index contributed by atoms with van der Waals surface area (Å²) in [7, 11) is 9.62. The number of thiocarbonyl (C=S) groups is 1. The largest absolute Gasteiger partial charge is 0.493 e. The van der Waals surface area contributed by atoms with Gasteiger partial charge in [0.1, 0.15) is 0 Å². The molecule has 0 fully saturated rings. The van der Waals surface area contributed by atoms with Crippen LogP contribution in [0.4, 0.5) is 0 Å². The highest BCUT2D eigenvalue weighted by Gasteiger charge is 2.12. The summed E-state index contributed by atoms with van der Waals surface area (Å²) in [6, 6.07) is 4.01. The zero-order valence-corrected chi connectivity index (χ0v) is 16.0. The number of nitrogens with one attached hydrogen (secondary N) is 2. The molecule has 6 heteroatoms. The Kier molecular flexibility index (Phi) is 8.12. The van der Waals surface area contributed by atoms with Gasteiger partial charge in [0.25, 0.3) is 0 Å². The van der Waals surface area contributed by atoms with E-state index in [4.69, 9.17) is 21.7 Å². The zero-order chi connectivity index (χ0) is 17.4. The molecule has 1 aromatic carbocycles. The Morgan fingerprint density at radius 2 is 1.83 bits per heavy atom. The van der Waals surface area contributed by atoms with Crippen LogP contribution < -0.4 is 19.7 Å². The Morgan fingerprint density at radius 1 is 1.22 bits per heavy atom. The van der Waals surface area contributed by atoms with Crippen LogP contribution >= 0.6 is 12.2 Å². The smallest absolute Gasteiger partial charge is 0.168 e. The van der Waals surface area contributed by atoms with Gasteiger partial charge >= 0.3 is 0 Å². The third kappa shape index (κ3) is 6.23. The summed E-state index contributed by atoms with van der Waals surface area (Å²) in [5.74, 6) is 1.50. The fourth-order valence-corrected chi connectivity index (χ4v) is 2.46.